The average Bonchev–Trinajstić information content (AvgIpc) is 3.52. The third-order valence-electron chi connectivity index (χ3n) is 6.99. The minimum Gasteiger partial charge on any atom is -0.370 e. The Hall–Kier alpha value is -4.20. The number of aromatic nitrogens is 5. The molecule has 2 aromatic carbocycles. The lowest BCUT2D eigenvalue weighted by Gasteiger charge is -2.28. The second kappa shape index (κ2) is 9.03. The first-order valence-electron chi connectivity index (χ1n) is 12.9. The van der Waals surface area contributed by atoms with Crippen molar-refractivity contribution in [2.45, 2.75) is 40.0 Å². The van der Waals surface area contributed by atoms with E-state index in [0.717, 1.165) is 57.7 Å². The molecule has 0 spiro atoms. The van der Waals surface area contributed by atoms with Crippen LogP contribution >= 0.6 is 0 Å². The van der Waals surface area contributed by atoms with Crippen LogP contribution in [0.25, 0.3) is 44.6 Å². The summed E-state index contributed by atoms with van der Waals surface area (Å²) in [5.41, 5.74) is 6.98. The van der Waals surface area contributed by atoms with Crippen LogP contribution in [0.5, 0.6) is 0 Å². The fraction of sp³-hybridized carbons (Fsp3) is 0.310. The maximum atomic E-state index is 12.5. The highest BCUT2D eigenvalue weighted by Gasteiger charge is 2.22. The quantitative estimate of drug-likeness (QED) is 0.279. The van der Waals surface area contributed by atoms with E-state index in [2.05, 4.69) is 54.6 Å². The summed E-state index contributed by atoms with van der Waals surface area (Å²) in [4.78, 5) is 27.8. The lowest BCUT2D eigenvalue weighted by atomic mass is 9.95. The molecule has 0 bridgehead atoms. The van der Waals surface area contributed by atoms with Crippen LogP contribution in [-0.4, -0.2) is 44.1 Å². The zero-order valence-electron chi connectivity index (χ0n) is 21.4. The van der Waals surface area contributed by atoms with Crippen molar-refractivity contribution >= 4 is 39.2 Å². The first-order chi connectivity index (χ1) is 17.9. The van der Waals surface area contributed by atoms with Crippen molar-refractivity contribution in [1.82, 2.24) is 25.1 Å². The first kappa shape index (κ1) is 23.2. The lowest BCUT2D eigenvalue weighted by molar-refractivity contribution is -0.123. The Morgan fingerprint density at radius 2 is 1.81 bits per heavy atom. The van der Waals surface area contributed by atoms with E-state index in [9.17, 15) is 4.79 Å². The van der Waals surface area contributed by atoms with E-state index in [0.29, 0.717) is 5.69 Å². The third kappa shape index (κ3) is 4.43. The number of imidazole rings is 1. The monoisotopic (exact) mass is 493 g/mol. The van der Waals surface area contributed by atoms with E-state index in [1.54, 1.807) is 12.4 Å². The first-order valence-corrected chi connectivity index (χ1v) is 12.9. The lowest BCUT2D eigenvalue weighted by Crippen LogP contribution is -2.29. The number of piperidine rings is 1. The predicted octanol–water partition coefficient (Wildman–Crippen LogP) is 6.14. The molecule has 1 aliphatic heterocycles. The fourth-order valence-electron chi connectivity index (χ4n) is 4.88. The van der Waals surface area contributed by atoms with Crippen LogP contribution < -0.4 is 10.2 Å². The molecule has 0 radical (unpaired) electrons. The number of para-hydroxylation sites is 1. The molecule has 0 aliphatic carbocycles. The number of carbonyl (C=O) groups is 1. The predicted molar refractivity (Wildman–Crippen MR) is 149 cm³/mol. The molecule has 4 heterocycles. The van der Waals surface area contributed by atoms with E-state index in [4.69, 9.17) is 4.98 Å². The van der Waals surface area contributed by atoms with Crippen molar-refractivity contribution in [2.24, 2.45) is 5.41 Å². The van der Waals surface area contributed by atoms with E-state index in [1.165, 1.54) is 24.9 Å². The molecule has 3 N–H and O–H groups in total. The number of benzene rings is 2. The van der Waals surface area contributed by atoms with Crippen molar-refractivity contribution in [2.75, 3.05) is 23.3 Å². The molecule has 6 rings (SSSR count). The van der Waals surface area contributed by atoms with Gasteiger partial charge < -0.3 is 15.2 Å². The van der Waals surface area contributed by atoms with Gasteiger partial charge in [-0.05, 0) is 55.2 Å². The molecule has 5 aromatic rings. The van der Waals surface area contributed by atoms with Crippen molar-refractivity contribution in [3.05, 3.63) is 54.9 Å². The van der Waals surface area contributed by atoms with Crippen molar-refractivity contribution in [3.8, 4) is 22.6 Å². The molecule has 3 aromatic heterocycles. The van der Waals surface area contributed by atoms with Gasteiger partial charge in [-0.2, -0.15) is 5.10 Å². The van der Waals surface area contributed by atoms with Crippen LogP contribution in [0.1, 0.15) is 40.0 Å². The number of aromatic amines is 2. The number of fused-ring (bicyclic) bond motifs is 2. The molecule has 8 nitrogen and oxygen atoms in total. The van der Waals surface area contributed by atoms with Crippen LogP contribution in [-0.2, 0) is 4.79 Å². The largest absolute Gasteiger partial charge is 0.370 e. The van der Waals surface area contributed by atoms with E-state index in [1.807, 2.05) is 39.0 Å². The highest BCUT2D eigenvalue weighted by atomic mass is 16.2. The Kier molecular flexibility index (Phi) is 5.67. The Balaban J connectivity index is 1.37. The average molecular weight is 494 g/mol. The summed E-state index contributed by atoms with van der Waals surface area (Å²) >= 11 is 0. The number of anilines is 2. The van der Waals surface area contributed by atoms with Crippen LogP contribution in [0.4, 0.5) is 11.4 Å². The van der Waals surface area contributed by atoms with Gasteiger partial charge in [0.15, 0.2) is 5.82 Å². The molecule has 8 heteroatoms. The number of nitrogens with one attached hydrogen (secondary N) is 3. The van der Waals surface area contributed by atoms with E-state index in [-0.39, 0.29) is 5.91 Å². The number of hydrogen-bond donors (Lipinski definition) is 3. The van der Waals surface area contributed by atoms with E-state index < -0.39 is 5.41 Å². The van der Waals surface area contributed by atoms with Gasteiger partial charge in [0.25, 0.3) is 0 Å². The maximum Gasteiger partial charge on any atom is 0.229 e. The number of H-pyrrole nitrogens is 2. The van der Waals surface area contributed by atoms with Crippen molar-refractivity contribution < 1.29 is 4.79 Å². The number of hydrogen-bond acceptors (Lipinski definition) is 5. The second-order valence-corrected chi connectivity index (χ2v) is 10.8. The topological polar surface area (TPSA) is 103 Å². The van der Waals surface area contributed by atoms with Crippen molar-refractivity contribution in [3.63, 3.8) is 0 Å². The number of carbonyl (C=O) groups excluding carboxylic acids is 1. The van der Waals surface area contributed by atoms with Gasteiger partial charge in [-0.15, -0.1) is 0 Å². The summed E-state index contributed by atoms with van der Waals surface area (Å²) in [5.74, 6) is 0.694. The molecule has 0 atom stereocenters. The van der Waals surface area contributed by atoms with Crippen LogP contribution in [0.3, 0.4) is 0 Å². The number of pyridine rings is 1. The highest BCUT2D eigenvalue weighted by molar-refractivity contribution is 5.98. The van der Waals surface area contributed by atoms with Crippen LogP contribution in [0, 0.1) is 5.41 Å². The van der Waals surface area contributed by atoms with Gasteiger partial charge in [0.2, 0.25) is 5.91 Å². The standard InChI is InChI=1S/C29H31N7O/c1-29(2,3)28(37)31-20-14-19(16-30-17-20)18-10-11-22-21(15-18)25(35-34-22)27-32-23-8-7-9-24(26(23)33-27)36-12-5-4-6-13-36/h7-11,14-17H,4-6,12-13H2,1-3H3,(H,31,37)(H,32,33)(H,34,35). The summed E-state index contributed by atoms with van der Waals surface area (Å²) in [6.45, 7) is 7.81. The molecule has 1 aliphatic rings. The van der Waals surface area contributed by atoms with Gasteiger partial charge in [-0.1, -0.05) is 32.9 Å². The zero-order chi connectivity index (χ0) is 25.6. The smallest absolute Gasteiger partial charge is 0.229 e. The van der Waals surface area contributed by atoms with Gasteiger partial charge in [0, 0.05) is 35.7 Å². The Labute approximate surface area is 215 Å². The zero-order valence-corrected chi connectivity index (χ0v) is 21.4. The highest BCUT2D eigenvalue weighted by Crippen LogP contribution is 2.33. The van der Waals surface area contributed by atoms with Gasteiger partial charge >= 0.3 is 0 Å². The molecule has 1 fully saturated rings. The molecule has 0 saturated carbocycles. The Bertz CT molecular complexity index is 1600. The van der Waals surface area contributed by atoms with E-state index >= 15 is 0 Å². The van der Waals surface area contributed by atoms with Crippen molar-refractivity contribution in [1.29, 1.82) is 0 Å². The van der Waals surface area contributed by atoms with Gasteiger partial charge in [0.1, 0.15) is 11.2 Å². The summed E-state index contributed by atoms with van der Waals surface area (Å²) in [6, 6.07) is 14.4. The third-order valence-corrected chi connectivity index (χ3v) is 6.99. The summed E-state index contributed by atoms with van der Waals surface area (Å²) in [5, 5.41) is 11.7. The Morgan fingerprint density at radius 1 is 0.973 bits per heavy atom. The summed E-state index contributed by atoms with van der Waals surface area (Å²) in [7, 11) is 0. The Morgan fingerprint density at radius 3 is 2.62 bits per heavy atom. The normalized spacial score (nSPS) is 14.4. The minimum absolute atomic E-state index is 0.0483. The number of amides is 1. The molecule has 1 amide bonds. The molecular weight excluding hydrogens is 462 g/mol. The maximum absolute atomic E-state index is 12.5. The summed E-state index contributed by atoms with van der Waals surface area (Å²) in [6.07, 6.45) is 7.21. The van der Waals surface area contributed by atoms with Gasteiger partial charge in [-0.25, -0.2) is 4.98 Å². The molecule has 1 saturated heterocycles. The number of rotatable bonds is 4. The van der Waals surface area contributed by atoms with Gasteiger partial charge in [0.05, 0.1) is 28.6 Å². The summed E-state index contributed by atoms with van der Waals surface area (Å²) < 4.78 is 0. The molecule has 37 heavy (non-hydrogen) atoms. The molecule has 188 valence electrons. The fourth-order valence-corrected chi connectivity index (χ4v) is 4.88. The molecular formula is C29H31N7O. The number of nitrogens with zero attached hydrogens (tertiary/aromatic N) is 4. The second-order valence-electron chi connectivity index (χ2n) is 10.8. The van der Waals surface area contributed by atoms with Crippen LogP contribution in [0.15, 0.2) is 54.9 Å². The minimum atomic E-state index is -0.485. The SMILES string of the molecule is CC(C)(C)C(=O)Nc1cncc(-c2ccc3[nH]nc(-c4nc5c(N6CCCCC6)cccc5[nH]4)c3c2)c1. The molecule has 0 unspecified atom stereocenters. The van der Waals surface area contributed by atoms with Gasteiger partial charge in [-0.3, -0.25) is 14.9 Å². The van der Waals surface area contributed by atoms with Crippen LogP contribution in [0.2, 0.25) is 0 Å².